The summed E-state index contributed by atoms with van der Waals surface area (Å²) in [6.07, 6.45) is 0. The normalized spacial score (nSPS) is 10.9. The average molecular weight is 324 g/mol. The van der Waals surface area contributed by atoms with Crippen LogP contribution in [-0.4, -0.2) is 4.98 Å². The van der Waals surface area contributed by atoms with E-state index in [1.807, 2.05) is 25.1 Å². The number of benzene rings is 2. The van der Waals surface area contributed by atoms with E-state index in [4.69, 9.17) is 28.9 Å². The zero-order chi connectivity index (χ0) is 14.3. The summed E-state index contributed by atoms with van der Waals surface area (Å²) in [4.78, 5) is 4.46. The third-order valence-electron chi connectivity index (χ3n) is 2.87. The Bertz CT molecular complexity index is 798. The Hall–Kier alpha value is -1.49. The van der Waals surface area contributed by atoms with Crippen molar-refractivity contribution in [1.82, 2.24) is 4.98 Å². The molecule has 3 N–H and O–H groups in total. The van der Waals surface area contributed by atoms with E-state index in [0.717, 1.165) is 26.6 Å². The van der Waals surface area contributed by atoms with Gasteiger partial charge in [-0.25, -0.2) is 4.98 Å². The number of rotatable bonds is 2. The van der Waals surface area contributed by atoms with Crippen LogP contribution < -0.4 is 11.1 Å². The van der Waals surface area contributed by atoms with Gasteiger partial charge in [0.1, 0.15) is 0 Å². The van der Waals surface area contributed by atoms with E-state index >= 15 is 0 Å². The maximum atomic E-state index is 6.07. The van der Waals surface area contributed by atoms with Gasteiger partial charge in [0, 0.05) is 5.69 Å². The van der Waals surface area contributed by atoms with Gasteiger partial charge in [-0.3, -0.25) is 0 Å². The Morgan fingerprint density at radius 1 is 1.15 bits per heavy atom. The van der Waals surface area contributed by atoms with E-state index in [-0.39, 0.29) is 0 Å². The van der Waals surface area contributed by atoms with Crippen molar-refractivity contribution in [2.24, 2.45) is 0 Å². The molecule has 0 atom stereocenters. The van der Waals surface area contributed by atoms with Gasteiger partial charge >= 0.3 is 0 Å². The monoisotopic (exact) mass is 323 g/mol. The predicted octanol–water partition coefficient (Wildman–Crippen LogP) is 5.24. The Balaban J connectivity index is 2.00. The molecule has 0 radical (unpaired) electrons. The minimum Gasteiger partial charge on any atom is -0.397 e. The zero-order valence-corrected chi connectivity index (χ0v) is 12.9. The Morgan fingerprint density at radius 3 is 2.70 bits per heavy atom. The first-order chi connectivity index (χ1) is 9.52. The van der Waals surface area contributed by atoms with E-state index in [1.165, 1.54) is 0 Å². The Morgan fingerprint density at radius 2 is 1.95 bits per heavy atom. The molecular formula is C14H11Cl2N3S. The van der Waals surface area contributed by atoms with Crippen molar-refractivity contribution in [2.75, 3.05) is 11.1 Å². The summed E-state index contributed by atoms with van der Waals surface area (Å²) in [6, 6.07) is 9.23. The predicted molar refractivity (Wildman–Crippen MR) is 88.5 cm³/mol. The van der Waals surface area contributed by atoms with Crippen LogP contribution in [0.1, 0.15) is 5.01 Å². The van der Waals surface area contributed by atoms with Gasteiger partial charge in [-0.15, -0.1) is 11.3 Å². The van der Waals surface area contributed by atoms with Crippen LogP contribution in [0, 0.1) is 6.92 Å². The van der Waals surface area contributed by atoms with Crippen LogP contribution in [-0.2, 0) is 0 Å². The molecule has 0 fully saturated rings. The summed E-state index contributed by atoms with van der Waals surface area (Å²) in [5.74, 6) is 0. The highest BCUT2D eigenvalue weighted by molar-refractivity contribution is 7.18. The molecule has 0 bridgehead atoms. The number of nitrogens with zero attached hydrogens (tertiary/aromatic N) is 1. The van der Waals surface area contributed by atoms with Crippen molar-refractivity contribution in [3.63, 3.8) is 0 Å². The second-order valence-electron chi connectivity index (χ2n) is 4.39. The quantitative estimate of drug-likeness (QED) is 0.634. The lowest BCUT2D eigenvalue weighted by atomic mass is 10.2. The van der Waals surface area contributed by atoms with Crippen LogP contribution in [0.15, 0.2) is 30.3 Å². The minimum atomic E-state index is 0.501. The molecule has 0 saturated carbocycles. The number of anilines is 3. The fourth-order valence-electron chi connectivity index (χ4n) is 1.94. The molecule has 3 nitrogen and oxygen atoms in total. The highest BCUT2D eigenvalue weighted by Gasteiger charge is 2.07. The summed E-state index contributed by atoms with van der Waals surface area (Å²) in [5, 5.41) is 5.28. The van der Waals surface area contributed by atoms with Crippen LogP contribution in [0.2, 0.25) is 10.0 Å². The van der Waals surface area contributed by atoms with Crippen molar-refractivity contribution in [3.05, 3.63) is 45.4 Å². The van der Waals surface area contributed by atoms with Crippen LogP contribution in [0.25, 0.3) is 10.2 Å². The first-order valence-corrected chi connectivity index (χ1v) is 7.49. The molecule has 0 aliphatic rings. The Labute approximate surface area is 130 Å². The van der Waals surface area contributed by atoms with Gasteiger partial charge in [0.15, 0.2) is 0 Å². The number of nitrogens with one attached hydrogen (secondary N) is 1. The standard InChI is InChI=1S/C14H11Cl2N3S/c1-7-18-13-6-12(11(17)5-14(13)20-7)19-8-2-3-9(15)10(16)4-8/h2-6,19H,17H2,1H3. The van der Waals surface area contributed by atoms with Gasteiger partial charge in [-0.2, -0.15) is 0 Å². The highest BCUT2D eigenvalue weighted by atomic mass is 35.5. The van der Waals surface area contributed by atoms with Crippen LogP contribution >= 0.6 is 34.5 Å². The zero-order valence-electron chi connectivity index (χ0n) is 10.6. The van der Waals surface area contributed by atoms with Crippen LogP contribution in [0.5, 0.6) is 0 Å². The van der Waals surface area contributed by atoms with Crippen LogP contribution in [0.3, 0.4) is 0 Å². The second-order valence-corrected chi connectivity index (χ2v) is 6.44. The third kappa shape index (κ3) is 2.54. The number of fused-ring (bicyclic) bond motifs is 1. The molecule has 1 aromatic heterocycles. The van der Waals surface area contributed by atoms with E-state index in [9.17, 15) is 0 Å². The van der Waals surface area contributed by atoms with Gasteiger partial charge in [0.2, 0.25) is 0 Å². The van der Waals surface area contributed by atoms with Crippen molar-refractivity contribution in [1.29, 1.82) is 0 Å². The first kappa shape index (κ1) is 13.5. The number of nitrogen functional groups attached to an aromatic ring is 1. The van der Waals surface area contributed by atoms with Gasteiger partial charge in [0.05, 0.1) is 36.6 Å². The lowest BCUT2D eigenvalue weighted by molar-refractivity contribution is 1.35. The lowest BCUT2D eigenvalue weighted by Crippen LogP contribution is -1.96. The molecule has 20 heavy (non-hydrogen) atoms. The molecule has 102 valence electrons. The Kier molecular flexibility index (Phi) is 3.46. The topological polar surface area (TPSA) is 50.9 Å². The largest absolute Gasteiger partial charge is 0.397 e. The lowest BCUT2D eigenvalue weighted by Gasteiger charge is -2.10. The molecule has 0 aliphatic carbocycles. The molecule has 3 rings (SSSR count). The number of halogens is 2. The number of hydrogen-bond acceptors (Lipinski definition) is 4. The van der Waals surface area contributed by atoms with Crippen molar-refractivity contribution in [3.8, 4) is 0 Å². The van der Waals surface area contributed by atoms with Gasteiger partial charge in [-0.1, -0.05) is 23.2 Å². The molecule has 2 aromatic carbocycles. The number of thiazole rings is 1. The number of aromatic nitrogens is 1. The molecule has 0 unspecified atom stereocenters. The fourth-order valence-corrected chi connectivity index (χ4v) is 3.10. The third-order valence-corrected chi connectivity index (χ3v) is 4.54. The summed E-state index contributed by atoms with van der Waals surface area (Å²) in [5.41, 5.74) is 9.31. The molecule has 0 spiro atoms. The SMILES string of the molecule is Cc1nc2cc(Nc3ccc(Cl)c(Cl)c3)c(N)cc2s1. The second kappa shape index (κ2) is 5.13. The van der Waals surface area contributed by atoms with Gasteiger partial charge < -0.3 is 11.1 Å². The summed E-state index contributed by atoms with van der Waals surface area (Å²) in [7, 11) is 0. The van der Waals surface area contributed by atoms with E-state index in [1.54, 1.807) is 23.5 Å². The number of aryl methyl sites for hydroxylation is 1. The van der Waals surface area contributed by atoms with Crippen molar-refractivity contribution in [2.45, 2.75) is 6.92 Å². The first-order valence-electron chi connectivity index (χ1n) is 5.91. The smallest absolute Gasteiger partial charge is 0.0907 e. The minimum absolute atomic E-state index is 0.501. The van der Waals surface area contributed by atoms with Gasteiger partial charge in [0.25, 0.3) is 0 Å². The molecule has 0 amide bonds. The number of nitrogens with two attached hydrogens (primary N) is 1. The van der Waals surface area contributed by atoms with Crippen molar-refractivity contribution < 1.29 is 0 Å². The van der Waals surface area contributed by atoms with Crippen molar-refractivity contribution >= 4 is 61.8 Å². The molecule has 3 aromatic rings. The molecular weight excluding hydrogens is 313 g/mol. The molecule has 0 saturated heterocycles. The summed E-state index contributed by atoms with van der Waals surface area (Å²) < 4.78 is 1.08. The fraction of sp³-hybridized carbons (Fsp3) is 0.0714. The average Bonchev–Trinajstić information content (AvgIpc) is 2.73. The highest BCUT2D eigenvalue weighted by Crippen LogP contribution is 2.33. The van der Waals surface area contributed by atoms with E-state index in [2.05, 4.69) is 10.3 Å². The van der Waals surface area contributed by atoms with E-state index in [0.29, 0.717) is 15.7 Å². The molecule has 0 aliphatic heterocycles. The maximum absolute atomic E-state index is 6.07. The van der Waals surface area contributed by atoms with Gasteiger partial charge in [-0.05, 0) is 37.3 Å². The number of hydrogen-bond donors (Lipinski definition) is 2. The summed E-state index contributed by atoms with van der Waals surface area (Å²) >= 11 is 13.5. The van der Waals surface area contributed by atoms with Crippen LogP contribution in [0.4, 0.5) is 17.1 Å². The summed E-state index contributed by atoms with van der Waals surface area (Å²) in [6.45, 7) is 1.98. The molecule has 6 heteroatoms. The van der Waals surface area contributed by atoms with E-state index < -0.39 is 0 Å². The maximum Gasteiger partial charge on any atom is 0.0907 e. The molecule has 1 heterocycles.